The normalized spacial score (nSPS) is 20.4. The van der Waals surface area contributed by atoms with E-state index in [9.17, 15) is 14.0 Å². The van der Waals surface area contributed by atoms with Crippen LogP contribution in [0.1, 0.15) is 19.0 Å². The highest BCUT2D eigenvalue weighted by molar-refractivity contribution is 5.83. The summed E-state index contributed by atoms with van der Waals surface area (Å²) in [5.41, 5.74) is 0.304. The van der Waals surface area contributed by atoms with Crippen molar-refractivity contribution in [1.29, 1.82) is 0 Å². The third-order valence-electron chi connectivity index (χ3n) is 4.11. The van der Waals surface area contributed by atoms with Gasteiger partial charge in [0.15, 0.2) is 0 Å². The van der Waals surface area contributed by atoms with Crippen LogP contribution >= 0.6 is 0 Å². The molecule has 0 N–H and O–H groups in total. The number of aryl methyl sites for hydroxylation is 1. The Labute approximate surface area is 138 Å². The van der Waals surface area contributed by atoms with Crippen molar-refractivity contribution < 1.29 is 23.5 Å². The van der Waals surface area contributed by atoms with Gasteiger partial charge in [0.25, 0.3) is 5.88 Å². The maximum Gasteiger partial charge on any atom is 0.410 e. The number of rotatable bonds is 5. The Bertz CT molecular complexity index is 642. The van der Waals surface area contributed by atoms with Crippen LogP contribution in [0.2, 0.25) is 0 Å². The summed E-state index contributed by atoms with van der Waals surface area (Å²) >= 11 is 0. The van der Waals surface area contributed by atoms with E-state index in [0.29, 0.717) is 44.8 Å². The molecule has 0 aliphatic carbocycles. The molecule has 9 heteroatoms. The fourth-order valence-corrected chi connectivity index (χ4v) is 2.76. The second kappa shape index (κ2) is 6.98. The van der Waals surface area contributed by atoms with E-state index < -0.39 is 11.9 Å². The van der Waals surface area contributed by atoms with E-state index in [1.165, 1.54) is 11.2 Å². The molecule has 1 atom stereocenters. The molecule has 0 radical (unpaired) electrons. The van der Waals surface area contributed by atoms with Gasteiger partial charge in [0.05, 0.1) is 18.8 Å². The molecule has 2 aliphatic heterocycles. The lowest BCUT2D eigenvalue weighted by atomic mass is 10.3. The second-order valence-electron chi connectivity index (χ2n) is 5.70. The van der Waals surface area contributed by atoms with Crippen LogP contribution in [-0.2, 0) is 16.0 Å². The predicted octanol–water partition coefficient (Wildman–Crippen LogP) is 0.610. The standard InChI is InChI=1S/C15H19FN4O4/c1-2-11-13(16)14(18-9-17-11)24-10-3-4-19(7-10)12(21)8-20-5-6-23-15(20)22/h9-10H,2-8H2,1H3/t10-/m0/s1. The van der Waals surface area contributed by atoms with Crippen molar-refractivity contribution in [1.82, 2.24) is 19.8 Å². The van der Waals surface area contributed by atoms with Gasteiger partial charge in [-0.3, -0.25) is 9.69 Å². The fraction of sp³-hybridized carbons (Fsp3) is 0.600. The van der Waals surface area contributed by atoms with E-state index in [1.807, 2.05) is 0 Å². The van der Waals surface area contributed by atoms with Crippen LogP contribution < -0.4 is 4.74 Å². The molecule has 2 fully saturated rings. The second-order valence-corrected chi connectivity index (χ2v) is 5.70. The summed E-state index contributed by atoms with van der Waals surface area (Å²) in [5.74, 6) is -0.800. The highest BCUT2D eigenvalue weighted by atomic mass is 19.1. The van der Waals surface area contributed by atoms with Crippen molar-refractivity contribution in [3.8, 4) is 5.88 Å². The molecule has 0 bridgehead atoms. The van der Waals surface area contributed by atoms with Crippen molar-refractivity contribution in [2.45, 2.75) is 25.9 Å². The number of hydrogen-bond donors (Lipinski definition) is 0. The van der Waals surface area contributed by atoms with E-state index in [2.05, 4.69) is 9.97 Å². The van der Waals surface area contributed by atoms with E-state index in [0.717, 1.165) is 0 Å². The molecular formula is C15H19FN4O4. The Kier molecular flexibility index (Phi) is 4.77. The molecule has 3 rings (SSSR count). The first-order valence-electron chi connectivity index (χ1n) is 7.94. The lowest BCUT2D eigenvalue weighted by Gasteiger charge is -2.20. The molecule has 3 heterocycles. The van der Waals surface area contributed by atoms with E-state index in [-0.39, 0.29) is 24.4 Å². The van der Waals surface area contributed by atoms with Gasteiger partial charge < -0.3 is 14.4 Å². The molecule has 0 unspecified atom stereocenters. The first-order chi connectivity index (χ1) is 11.6. The number of halogens is 1. The Morgan fingerprint density at radius 3 is 3.00 bits per heavy atom. The minimum absolute atomic E-state index is 0.00654. The van der Waals surface area contributed by atoms with Gasteiger partial charge in [0, 0.05) is 13.0 Å². The van der Waals surface area contributed by atoms with Crippen LogP contribution in [0.15, 0.2) is 6.33 Å². The Morgan fingerprint density at radius 2 is 2.29 bits per heavy atom. The molecule has 0 aromatic carbocycles. The maximum atomic E-state index is 14.1. The van der Waals surface area contributed by atoms with Crippen molar-refractivity contribution in [2.24, 2.45) is 0 Å². The molecule has 24 heavy (non-hydrogen) atoms. The Hall–Kier alpha value is -2.45. The van der Waals surface area contributed by atoms with Crippen LogP contribution in [0.4, 0.5) is 9.18 Å². The molecule has 8 nitrogen and oxygen atoms in total. The fourth-order valence-electron chi connectivity index (χ4n) is 2.76. The van der Waals surface area contributed by atoms with Gasteiger partial charge in [0.2, 0.25) is 11.7 Å². The number of carbonyl (C=O) groups is 2. The predicted molar refractivity (Wildman–Crippen MR) is 79.9 cm³/mol. The van der Waals surface area contributed by atoms with Gasteiger partial charge in [-0.2, -0.15) is 9.37 Å². The molecule has 0 saturated carbocycles. The van der Waals surface area contributed by atoms with Crippen LogP contribution in [0.5, 0.6) is 5.88 Å². The van der Waals surface area contributed by atoms with Gasteiger partial charge in [-0.05, 0) is 6.42 Å². The zero-order valence-electron chi connectivity index (χ0n) is 13.4. The number of carbonyl (C=O) groups excluding carboxylic acids is 2. The molecule has 2 amide bonds. The van der Waals surface area contributed by atoms with E-state index >= 15 is 0 Å². The third-order valence-corrected chi connectivity index (χ3v) is 4.11. The Morgan fingerprint density at radius 1 is 1.46 bits per heavy atom. The Balaban J connectivity index is 1.55. The minimum atomic E-state index is -0.551. The van der Waals surface area contributed by atoms with Crippen LogP contribution in [0.25, 0.3) is 0 Å². The number of aromatic nitrogens is 2. The lowest BCUT2D eigenvalue weighted by molar-refractivity contribution is -0.130. The summed E-state index contributed by atoms with van der Waals surface area (Å²) in [6, 6.07) is 0. The highest BCUT2D eigenvalue weighted by Crippen LogP contribution is 2.21. The van der Waals surface area contributed by atoms with Gasteiger partial charge in [0.1, 0.15) is 25.6 Å². The first-order valence-corrected chi connectivity index (χ1v) is 7.94. The monoisotopic (exact) mass is 338 g/mol. The highest BCUT2D eigenvalue weighted by Gasteiger charge is 2.32. The molecule has 130 valence electrons. The quantitative estimate of drug-likeness (QED) is 0.782. The average Bonchev–Trinajstić information content (AvgIpc) is 3.19. The van der Waals surface area contributed by atoms with Crippen molar-refractivity contribution in [2.75, 3.05) is 32.8 Å². The number of cyclic esters (lactones) is 1. The topological polar surface area (TPSA) is 84.9 Å². The van der Waals surface area contributed by atoms with E-state index in [4.69, 9.17) is 9.47 Å². The molecule has 1 aromatic heterocycles. The molecule has 1 aromatic rings. The smallest absolute Gasteiger partial charge is 0.410 e. The summed E-state index contributed by atoms with van der Waals surface area (Å²) < 4.78 is 24.5. The zero-order chi connectivity index (χ0) is 17.1. The SMILES string of the molecule is CCc1ncnc(O[C@H]2CCN(C(=O)CN3CCOC3=O)C2)c1F. The lowest BCUT2D eigenvalue weighted by Crippen LogP contribution is -2.40. The van der Waals surface area contributed by atoms with Crippen LogP contribution in [-0.4, -0.2) is 70.7 Å². The van der Waals surface area contributed by atoms with Crippen LogP contribution in [0, 0.1) is 5.82 Å². The molecule has 0 spiro atoms. The number of likely N-dealkylation sites (tertiary alicyclic amines) is 1. The summed E-state index contributed by atoms with van der Waals surface area (Å²) in [6.45, 7) is 3.36. The molecular weight excluding hydrogens is 319 g/mol. The summed E-state index contributed by atoms with van der Waals surface area (Å²) in [7, 11) is 0. The van der Waals surface area contributed by atoms with Gasteiger partial charge in [-0.1, -0.05) is 6.92 Å². The van der Waals surface area contributed by atoms with Crippen LogP contribution in [0.3, 0.4) is 0 Å². The van der Waals surface area contributed by atoms with Crippen molar-refractivity contribution in [3.05, 3.63) is 17.8 Å². The minimum Gasteiger partial charge on any atom is -0.470 e. The molecule has 2 saturated heterocycles. The summed E-state index contributed by atoms with van der Waals surface area (Å²) in [5, 5.41) is 0. The third kappa shape index (κ3) is 3.39. The van der Waals surface area contributed by atoms with Crippen molar-refractivity contribution >= 4 is 12.0 Å². The zero-order valence-corrected chi connectivity index (χ0v) is 13.4. The van der Waals surface area contributed by atoms with Gasteiger partial charge in [-0.15, -0.1) is 0 Å². The first kappa shape index (κ1) is 16.4. The largest absolute Gasteiger partial charge is 0.470 e. The average molecular weight is 338 g/mol. The summed E-state index contributed by atoms with van der Waals surface area (Å²) in [4.78, 5) is 34.3. The van der Waals surface area contributed by atoms with Gasteiger partial charge in [-0.25, -0.2) is 9.78 Å². The number of nitrogens with zero attached hydrogens (tertiary/aromatic N) is 4. The number of hydrogen-bond acceptors (Lipinski definition) is 6. The number of ether oxygens (including phenoxy) is 2. The maximum absolute atomic E-state index is 14.1. The van der Waals surface area contributed by atoms with E-state index in [1.54, 1.807) is 11.8 Å². The number of amides is 2. The van der Waals surface area contributed by atoms with Crippen molar-refractivity contribution in [3.63, 3.8) is 0 Å². The van der Waals surface area contributed by atoms with Gasteiger partial charge >= 0.3 is 6.09 Å². The summed E-state index contributed by atoms with van der Waals surface area (Å²) in [6.07, 6.45) is 1.51. The molecule has 2 aliphatic rings.